The van der Waals surface area contributed by atoms with Gasteiger partial charge in [-0.1, -0.05) is 135 Å². The Hall–Kier alpha value is -1.99. The molecule has 0 nitrogen and oxygen atoms in total. The van der Waals surface area contributed by atoms with Crippen molar-refractivity contribution in [2.75, 3.05) is 0 Å². The van der Waals surface area contributed by atoms with Crippen LogP contribution in [-0.2, 0) is 0 Å². The van der Waals surface area contributed by atoms with E-state index in [0.717, 1.165) is 0 Å². The summed E-state index contributed by atoms with van der Waals surface area (Å²) in [6.45, 7) is 47.4. The zero-order valence-electron chi connectivity index (χ0n) is 33.0. The maximum Gasteiger partial charge on any atom is 0.161 e. The third kappa shape index (κ3) is 5.84. The molecule has 0 aromatic heterocycles. The van der Waals surface area contributed by atoms with Crippen molar-refractivity contribution in [3.05, 3.63) is 92.6 Å². The molecule has 4 heteroatoms. The molecule has 1 atom stereocenters. The smallest absolute Gasteiger partial charge is 0.0730 e. The van der Waals surface area contributed by atoms with E-state index in [2.05, 4.69) is 171 Å². The fourth-order valence-electron chi connectivity index (χ4n) is 8.24. The summed E-state index contributed by atoms with van der Waals surface area (Å²) >= 11 is 0. The third-order valence-electron chi connectivity index (χ3n) is 11.8. The highest BCUT2D eigenvalue weighted by molar-refractivity contribution is 7.20. The molecule has 46 heavy (non-hydrogen) atoms. The Morgan fingerprint density at radius 1 is 0.391 bits per heavy atom. The van der Waals surface area contributed by atoms with Crippen LogP contribution < -0.4 is 31.1 Å². The molecule has 4 rings (SSSR count). The van der Waals surface area contributed by atoms with E-state index >= 15 is 0 Å². The van der Waals surface area contributed by atoms with Gasteiger partial charge in [-0.3, -0.25) is 0 Å². The molecule has 0 fully saturated rings. The highest BCUT2D eigenvalue weighted by atomic mass is 28.3. The van der Waals surface area contributed by atoms with Crippen molar-refractivity contribution >= 4 is 63.4 Å². The highest BCUT2D eigenvalue weighted by Crippen LogP contribution is 2.53. The van der Waals surface area contributed by atoms with Gasteiger partial charge >= 0.3 is 0 Å². The fourth-order valence-corrected chi connectivity index (χ4v) is 24.4. The molecule has 0 spiro atoms. The molecule has 0 N–H and O–H groups in total. The van der Waals surface area contributed by atoms with Crippen LogP contribution in [-0.4, -0.2) is 32.3 Å². The van der Waals surface area contributed by atoms with E-state index in [0.29, 0.717) is 0 Å². The average Bonchev–Trinajstić information content (AvgIpc) is 3.10. The first-order valence-electron chi connectivity index (χ1n) is 17.5. The van der Waals surface area contributed by atoms with Crippen LogP contribution in [0.15, 0.2) is 59.2 Å². The number of hydrogen-bond acceptors (Lipinski definition) is 0. The lowest BCUT2D eigenvalue weighted by Crippen LogP contribution is -2.83. The Morgan fingerprint density at radius 2 is 0.630 bits per heavy atom. The molecule has 1 aliphatic carbocycles. The van der Waals surface area contributed by atoms with Crippen molar-refractivity contribution in [1.82, 2.24) is 0 Å². The van der Waals surface area contributed by atoms with Crippen LogP contribution >= 0.6 is 0 Å². The number of allylic oxidation sites excluding steroid dienone is 4. The molecule has 0 saturated heterocycles. The van der Waals surface area contributed by atoms with Crippen molar-refractivity contribution in [3.8, 4) is 0 Å². The molecule has 0 radical (unpaired) electrons. The number of hydrogen-bond donors (Lipinski definition) is 0. The topological polar surface area (TPSA) is 0 Å². The van der Waals surface area contributed by atoms with Crippen molar-refractivity contribution in [2.24, 2.45) is 0 Å². The predicted octanol–water partition coefficient (Wildman–Crippen LogP) is 8.70. The Bertz CT molecular complexity index is 1610. The fraction of sp³-hybridized carbons (Fsp3) is 0.476. The predicted molar refractivity (Wildman–Crippen MR) is 222 cm³/mol. The molecule has 3 aromatic rings. The van der Waals surface area contributed by atoms with Gasteiger partial charge in [-0.2, -0.15) is 0 Å². The summed E-state index contributed by atoms with van der Waals surface area (Å²) in [7, 11) is -8.33. The van der Waals surface area contributed by atoms with Crippen molar-refractivity contribution in [2.45, 2.75) is 133 Å². The minimum absolute atomic E-state index is 0.122. The zero-order valence-corrected chi connectivity index (χ0v) is 37.0. The lowest BCUT2D eigenvalue weighted by molar-refractivity contribution is 0.871. The molecule has 248 valence electrons. The molecular weight excluding hydrogens is 617 g/mol. The number of rotatable bonds is 7. The summed E-state index contributed by atoms with van der Waals surface area (Å²) in [5, 5.41) is 9.98. The second kappa shape index (κ2) is 11.9. The summed E-state index contributed by atoms with van der Waals surface area (Å²) in [4.78, 5) is 0. The molecule has 0 heterocycles. The molecule has 0 saturated carbocycles. The lowest BCUT2D eigenvalue weighted by atomic mass is 10.0. The minimum Gasteiger partial charge on any atom is -0.0730 e. The van der Waals surface area contributed by atoms with Crippen molar-refractivity contribution in [3.63, 3.8) is 0 Å². The average molecular weight is 681 g/mol. The Kier molecular flexibility index (Phi) is 9.49. The molecule has 0 bridgehead atoms. The van der Waals surface area contributed by atoms with Crippen molar-refractivity contribution in [1.29, 1.82) is 0 Å². The van der Waals surface area contributed by atoms with Crippen LogP contribution in [0.5, 0.6) is 0 Å². The summed E-state index contributed by atoms with van der Waals surface area (Å²) in [5.74, 6) is 0. The zero-order chi connectivity index (χ0) is 35.1. The third-order valence-corrected chi connectivity index (χ3v) is 24.3. The first-order chi connectivity index (χ1) is 20.8. The van der Waals surface area contributed by atoms with Crippen LogP contribution in [0.1, 0.15) is 61.1 Å². The van der Waals surface area contributed by atoms with E-state index in [1.165, 1.54) is 44.5 Å². The number of aryl methyl sites for hydroxylation is 6. The maximum atomic E-state index is 2.75. The molecule has 3 aromatic carbocycles. The van der Waals surface area contributed by atoms with E-state index in [9.17, 15) is 0 Å². The standard InChI is InChI=1S/C42H64Si4/c1-27-20-36(43(11,12)13)39(23-30(27)4)46(42(10)26-33(7)34(8)35(42)9,40-24-31(5)28(2)21-37(40)44(14,15)16)41-25-32(6)29(3)22-38(41)45(17,18)19/h20-26H,1-19H3. The molecular formula is C42H64Si4. The Balaban J connectivity index is 2.59. The minimum atomic E-state index is -2.92. The Labute approximate surface area is 287 Å². The first kappa shape index (κ1) is 36.8. The quantitative estimate of drug-likeness (QED) is 0.173. The van der Waals surface area contributed by atoms with Gasteiger partial charge in [0.25, 0.3) is 0 Å². The van der Waals surface area contributed by atoms with Gasteiger partial charge in [0.1, 0.15) is 0 Å². The normalized spacial score (nSPS) is 18.0. The highest BCUT2D eigenvalue weighted by Gasteiger charge is 2.59. The van der Waals surface area contributed by atoms with E-state index in [1.54, 1.807) is 36.7 Å². The van der Waals surface area contributed by atoms with Gasteiger partial charge in [0, 0.05) is 5.04 Å². The van der Waals surface area contributed by atoms with E-state index < -0.39 is 32.3 Å². The summed E-state index contributed by atoms with van der Waals surface area (Å²) in [5.41, 5.74) is 13.2. The second-order valence-corrected chi connectivity index (χ2v) is 37.5. The second-order valence-electron chi connectivity index (χ2n) is 18.2. The van der Waals surface area contributed by atoms with Crippen LogP contribution in [0.25, 0.3) is 0 Å². The van der Waals surface area contributed by atoms with E-state index in [1.807, 2.05) is 0 Å². The monoisotopic (exact) mass is 680 g/mol. The van der Waals surface area contributed by atoms with Crippen LogP contribution in [0.4, 0.5) is 0 Å². The number of benzene rings is 3. The maximum absolute atomic E-state index is 2.92. The first-order valence-corrected chi connectivity index (χ1v) is 30.0. The van der Waals surface area contributed by atoms with Gasteiger partial charge in [0.15, 0.2) is 8.07 Å². The summed E-state index contributed by atoms with van der Waals surface area (Å²) < 4.78 is 0. The van der Waals surface area contributed by atoms with Crippen LogP contribution in [0, 0.1) is 41.5 Å². The SMILES string of the molecule is CC1=CC(C)([Si](c2cc(C)c(C)cc2[Si](C)(C)C)(c2cc(C)c(C)cc2[Si](C)(C)C)c2cc(C)c(C)cc2[Si](C)(C)C)C(C)=C1C. The largest absolute Gasteiger partial charge is 0.161 e. The van der Waals surface area contributed by atoms with E-state index in [-0.39, 0.29) is 5.04 Å². The van der Waals surface area contributed by atoms with Gasteiger partial charge in [-0.05, 0) is 117 Å². The lowest BCUT2D eigenvalue weighted by Gasteiger charge is -2.52. The van der Waals surface area contributed by atoms with Gasteiger partial charge in [0.2, 0.25) is 0 Å². The summed E-state index contributed by atoms with van der Waals surface area (Å²) in [6, 6.07) is 16.1. The van der Waals surface area contributed by atoms with Gasteiger partial charge in [-0.15, -0.1) is 0 Å². The molecule has 0 amide bonds. The van der Waals surface area contributed by atoms with Gasteiger partial charge in [0.05, 0.1) is 24.2 Å². The molecule has 1 unspecified atom stereocenters. The summed E-state index contributed by atoms with van der Waals surface area (Å²) in [6.07, 6.45) is 2.75. The van der Waals surface area contributed by atoms with Crippen molar-refractivity contribution < 1.29 is 0 Å². The molecule has 0 aliphatic heterocycles. The van der Waals surface area contributed by atoms with Gasteiger partial charge < -0.3 is 0 Å². The Morgan fingerprint density at radius 3 is 0.826 bits per heavy atom. The van der Waals surface area contributed by atoms with Crippen LogP contribution in [0.2, 0.25) is 64.0 Å². The van der Waals surface area contributed by atoms with E-state index in [4.69, 9.17) is 0 Å². The van der Waals surface area contributed by atoms with Crippen LogP contribution in [0.3, 0.4) is 0 Å². The van der Waals surface area contributed by atoms with Gasteiger partial charge in [-0.25, -0.2) is 0 Å². The molecule has 1 aliphatic rings.